The molecule has 3 heteroatoms. The van der Waals surface area contributed by atoms with Crippen molar-refractivity contribution in [1.29, 1.82) is 0 Å². The standard InChI is InChI=1S/C14H23ClN2/c1-4-5-6-8-14(2,3)11-17-13-7-9-16-10-12(13)15/h7,9-10H,4-6,8,11H2,1-3H3,(H,16,17). The van der Waals surface area contributed by atoms with Crippen LogP contribution >= 0.6 is 11.6 Å². The summed E-state index contributed by atoms with van der Waals surface area (Å²) in [5.41, 5.74) is 1.28. The number of aromatic nitrogens is 1. The van der Waals surface area contributed by atoms with E-state index in [2.05, 4.69) is 31.1 Å². The van der Waals surface area contributed by atoms with Crippen molar-refractivity contribution in [2.24, 2.45) is 5.41 Å². The molecular formula is C14H23ClN2. The van der Waals surface area contributed by atoms with Crippen molar-refractivity contribution < 1.29 is 0 Å². The Morgan fingerprint density at radius 2 is 2.12 bits per heavy atom. The lowest BCUT2D eigenvalue weighted by Gasteiger charge is -2.25. The van der Waals surface area contributed by atoms with Crippen molar-refractivity contribution in [1.82, 2.24) is 4.98 Å². The highest BCUT2D eigenvalue weighted by atomic mass is 35.5. The third-order valence-corrected chi connectivity index (χ3v) is 3.29. The molecule has 0 atom stereocenters. The van der Waals surface area contributed by atoms with Gasteiger partial charge < -0.3 is 5.32 Å². The summed E-state index contributed by atoms with van der Waals surface area (Å²) in [4.78, 5) is 3.98. The van der Waals surface area contributed by atoms with Gasteiger partial charge in [0.05, 0.1) is 10.7 Å². The maximum atomic E-state index is 6.05. The Morgan fingerprint density at radius 1 is 1.35 bits per heavy atom. The number of hydrogen-bond acceptors (Lipinski definition) is 2. The first-order chi connectivity index (χ1) is 8.05. The van der Waals surface area contributed by atoms with Crippen LogP contribution in [0.3, 0.4) is 0 Å². The van der Waals surface area contributed by atoms with Gasteiger partial charge in [-0.2, -0.15) is 0 Å². The quantitative estimate of drug-likeness (QED) is 0.710. The first kappa shape index (κ1) is 14.3. The summed E-state index contributed by atoms with van der Waals surface area (Å²) >= 11 is 6.05. The lowest BCUT2D eigenvalue weighted by atomic mass is 9.87. The Hall–Kier alpha value is -0.760. The van der Waals surface area contributed by atoms with Gasteiger partial charge in [0, 0.05) is 18.9 Å². The molecule has 0 aliphatic heterocycles. The molecule has 96 valence electrons. The summed E-state index contributed by atoms with van der Waals surface area (Å²) < 4.78 is 0. The Balaban J connectivity index is 2.41. The van der Waals surface area contributed by atoms with Crippen LogP contribution in [0.15, 0.2) is 18.5 Å². The highest BCUT2D eigenvalue weighted by Crippen LogP contribution is 2.26. The lowest BCUT2D eigenvalue weighted by Crippen LogP contribution is -2.23. The normalized spacial score (nSPS) is 11.5. The molecule has 1 rings (SSSR count). The van der Waals surface area contributed by atoms with Crippen molar-refractivity contribution in [3.05, 3.63) is 23.5 Å². The van der Waals surface area contributed by atoms with Crippen LogP contribution in [0.4, 0.5) is 5.69 Å². The van der Waals surface area contributed by atoms with Crippen LogP contribution in [-0.2, 0) is 0 Å². The maximum Gasteiger partial charge on any atom is 0.0820 e. The lowest BCUT2D eigenvalue weighted by molar-refractivity contribution is 0.342. The zero-order valence-corrected chi connectivity index (χ0v) is 11.8. The van der Waals surface area contributed by atoms with Gasteiger partial charge in [-0.3, -0.25) is 4.98 Å². The summed E-state index contributed by atoms with van der Waals surface area (Å²) in [6, 6.07) is 1.92. The third-order valence-electron chi connectivity index (χ3n) is 2.99. The zero-order valence-electron chi connectivity index (χ0n) is 11.1. The molecule has 0 spiro atoms. The number of rotatable bonds is 7. The fraction of sp³-hybridized carbons (Fsp3) is 0.643. The van der Waals surface area contributed by atoms with Gasteiger partial charge in [0.25, 0.3) is 0 Å². The van der Waals surface area contributed by atoms with Crippen molar-refractivity contribution >= 4 is 17.3 Å². The Labute approximate surface area is 110 Å². The van der Waals surface area contributed by atoms with E-state index >= 15 is 0 Å². The van der Waals surface area contributed by atoms with E-state index in [-0.39, 0.29) is 0 Å². The van der Waals surface area contributed by atoms with E-state index in [1.807, 2.05) is 6.07 Å². The van der Waals surface area contributed by atoms with Gasteiger partial charge in [0.15, 0.2) is 0 Å². The van der Waals surface area contributed by atoms with Crippen LogP contribution in [0.25, 0.3) is 0 Å². The molecule has 1 aromatic heterocycles. The van der Waals surface area contributed by atoms with Crippen LogP contribution in [0.2, 0.25) is 5.02 Å². The summed E-state index contributed by atoms with van der Waals surface area (Å²) in [5.74, 6) is 0. The number of nitrogens with one attached hydrogen (secondary N) is 1. The van der Waals surface area contributed by atoms with E-state index < -0.39 is 0 Å². The molecule has 0 unspecified atom stereocenters. The average Bonchev–Trinajstić information content (AvgIpc) is 2.28. The van der Waals surface area contributed by atoms with Crippen molar-refractivity contribution in [3.8, 4) is 0 Å². The summed E-state index contributed by atoms with van der Waals surface area (Å²) in [7, 11) is 0. The highest BCUT2D eigenvalue weighted by Gasteiger charge is 2.17. The molecule has 0 bridgehead atoms. The molecule has 0 fully saturated rings. The molecule has 0 aromatic carbocycles. The largest absolute Gasteiger partial charge is 0.383 e. The van der Waals surface area contributed by atoms with E-state index in [0.29, 0.717) is 10.4 Å². The van der Waals surface area contributed by atoms with Gasteiger partial charge in [-0.05, 0) is 17.9 Å². The zero-order chi connectivity index (χ0) is 12.7. The van der Waals surface area contributed by atoms with Crippen LogP contribution < -0.4 is 5.32 Å². The molecular weight excluding hydrogens is 232 g/mol. The molecule has 1 N–H and O–H groups in total. The van der Waals surface area contributed by atoms with Crippen LogP contribution in [-0.4, -0.2) is 11.5 Å². The molecule has 0 amide bonds. The second kappa shape index (κ2) is 6.85. The van der Waals surface area contributed by atoms with Gasteiger partial charge >= 0.3 is 0 Å². The summed E-state index contributed by atoms with van der Waals surface area (Å²) in [6.07, 6.45) is 8.58. The van der Waals surface area contributed by atoms with Crippen LogP contribution in [0.5, 0.6) is 0 Å². The van der Waals surface area contributed by atoms with E-state index in [1.54, 1.807) is 12.4 Å². The maximum absolute atomic E-state index is 6.05. The van der Waals surface area contributed by atoms with Gasteiger partial charge in [-0.25, -0.2) is 0 Å². The predicted octanol–water partition coefficient (Wildman–Crippen LogP) is 4.75. The summed E-state index contributed by atoms with van der Waals surface area (Å²) in [5, 5.41) is 4.10. The fourth-order valence-corrected chi connectivity index (χ4v) is 1.98. The topological polar surface area (TPSA) is 24.9 Å². The fourth-order valence-electron chi connectivity index (χ4n) is 1.80. The van der Waals surface area contributed by atoms with E-state index in [0.717, 1.165) is 12.2 Å². The second-order valence-corrected chi connectivity index (χ2v) is 5.74. The van der Waals surface area contributed by atoms with Gasteiger partial charge in [0.1, 0.15) is 0 Å². The number of pyridine rings is 1. The molecule has 0 aliphatic carbocycles. The first-order valence-corrected chi connectivity index (χ1v) is 6.76. The first-order valence-electron chi connectivity index (χ1n) is 6.38. The minimum absolute atomic E-state index is 0.307. The van der Waals surface area contributed by atoms with E-state index in [9.17, 15) is 0 Å². The molecule has 17 heavy (non-hydrogen) atoms. The molecule has 1 aromatic rings. The predicted molar refractivity (Wildman–Crippen MR) is 75.7 cm³/mol. The van der Waals surface area contributed by atoms with E-state index in [1.165, 1.54) is 25.7 Å². The molecule has 0 saturated carbocycles. The second-order valence-electron chi connectivity index (χ2n) is 5.33. The number of unbranched alkanes of at least 4 members (excludes halogenated alkanes) is 2. The number of anilines is 1. The average molecular weight is 255 g/mol. The minimum atomic E-state index is 0.307. The number of hydrogen-bond donors (Lipinski definition) is 1. The van der Waals surface area contributed by atoms with Crippen molar-refractivity contribution in [3.63, 3.8) is 0 Å². The molecule has 0 radical (unpaired) electrons. The van der Waals surface area contributed by atoms with Crippen molar-refractivity contribution in [2.75, 3.05) is 11.9 Å². The van der Waals surface area contributed by atoms with Crippen molar-refractivity contribution in [2.45, 2.75) is 46.5 Å². The number of nitrogens with zero attached hydrogens (tertiary/aromatic N) is 1. The molecule has 0 aliphatic rings. The van der Waals surface area contributed by atoms with Gasteiger partial charge in [0.2, 0.25) is 0 Å². The van der Waals surface area contributed by atoms with Crippen LogP contribution in [0.1, 0.15) is 46.5 Å². The SMILES string of the molecule is CCCCCC(C)(C)CNc1ccncc1Cl. The number of halogens is 1. The molecule has 0 saturated heterocycles. The Bertz CT molecular complexity index is 337. The molecule has 1 heterocycles. The third kappa shape index (κ3) is 5.40. The van der Waals surface area contributed by atoms with E-state index in [4.69, 9.17) is 11.6 Å². The van der Waals surface area contributed by atoms with Gasteiger partial charge in [-0.1, -0.05) is 51.6 Å². The van der Waals surface area contributed by atoms with Gasteiger partial charge in [-0.15, -0.1) is 0 Å². The van der Waals surface area contributed by atoms with Crippen LogP contribution in [0, 0.1) is 5.41 Å². The Kier molecular flexibility index (Phi) is 5.76. The smallest absolute Gasteiger partial charge is 0.0820 e. The highest BCUT2D eigenvalue weighted by molar-refractivity contribution is 6.33. The minimum Gasteiger partial charge on any atom is -0.383 e. The monoisotopic (exact) mass is 254 g/mol. The molecule has 2 nitrogen and oxygen atoms in total. The summed E-state index contributed by atoms with van der Waals surface area (Å²) in [6.45, 7) is 7.78. The Morgan fingerprint density at radius 3 is 2.76 bits per heavy atom.